The van der Waals surface area contributed by atoms with Gasteiger partial charge in [-0.25, -0.2) is 9.36 Å². The Hall–Kier alpha value is -2.04. The van der Waals surface area contributed by atoms with Crippen molar-refractivity contribution >= 4 is 25.7 Å². The molecule has 0 aliphatic carbocycles. The van der Waals surface area contributed by atoms with Crippen molar-refractivity contribution in [1.82, 2.24) is 5.32 Å². The predicted octanol–water partition coefficient (Wildman–Crippen LogP) is 7.94. The molecule has 0 aromatic rings. The lowest BCUT2D eigenvalue weighted by Crippen LogP contribution is -2.43. The van der Waals surface area contributed by atoms with Crippen LogP contribution >= 0.6 is 7.82 Å². The van der Waals surface area contributed by atoms with Crippen molar-refractivity contribution in [3.05, 3.63) is 24.3 Å². The molecule has 1 amide bonds. The number of aliphatic hydroxyl groups is 1. The lowest BCUT2D eigenvalue weighted by Gasteiger charge is -2.18. The highest BCUT2D eigenvalue weighted by Gasteiger charge is 2.28. The number of nitrogens with one attached hydrogen (secondary N) is 1. The van der Waals surface area contributed by atoms with E-state index in [9.17, 15) is 34.1 Å². The second kappa shape index (κ2) is 31.2. The molecule has 0 saturated heterocycles. The van der Waals surface area contributed by atoms with Gasteiger partial charge in [0.25, 0.3) is 0 Å². The smallest absolute Gasteiger partial charge is 0.472 e. The zero-order valence-corrected chi connectivity index (χ0v) is 30.0. The van der Waals surface area contributed by atoms with E-state index in [0.29, 0.717) is 12.8 Å². The summed E-state index contributed by atoms with van der Waals surface area (Å²) >= 11 is 0. The first-order valence-corrected chi connectivity index (χ1v) is 19.4. The number of aliphatic hydroxyl groups excluding tert-OH is 1. The van der Waals surface area contributed by atoms with Crippen molar-refractivity contribution in [1.29, 1.82) is 0 Å². The fourth-order valence-electron chi connectivity index (χ4n) is 4.64. The minimum Gasteiger partial charge on any atom is -0.480 e. The van der Waals surface area contributed by atoms with Crippen molar-refractivity contribution in [3.63, 3.8) is 0 Å². The average Bonchev–Trinajstić information content (AvgIpc) is 3.04. The summed E-state index contributed by atoms with van der Waals surface area (Å²) in [4.78, 5) is 45.4. The highest BCUT2D eigenvalue weighted by atomic mass is 31.2. The Morgan fingerprint density at radius 2 is 1.17 bits per heavy atom. The first kappa shape index (κ1) is 45.0. The normalized spacial score (nSPS) is 14.3. The number of hydrogen-bond acceptors (Lipinski definition) is 8. The van der Waals surface area contributed by atoms with Gasteiger partial charge in [-0.15, -0.1) is 0 Å². The summed E-state index contributed by atoms with van der Waals surface area (Å²) in [6.45, 7) is 2.47. The van der Waals surface area contributed by atoms with E-state index in [2.05, 4.69) is 43.5 Å². The number of carboxylic acids is 1. The molecule has 0 radical (unpaired) electrons. The van der Waals surface area contributed by atoms with Gasteiger partial charge in [0.1, 0.15) is 12.7 Å². The van der Waals surface area contributed by atoms with Crippen LogP contribution in [0.4, 0.5) is 0 Å². The third kappa shape index (κ3) is 31.0. The number of unbranched alkanes of at least 4 members (excludes halogenated alkanes) is 15. The zero-order valence-electron chi connectivity index (χ0n) is 29.1. The molecule has 3 atom stereocenters. The summed E-state index contributed by atoms with van der Waals surface area (Å²) in [5.74, 6) is -2.40. The molecule has 11 nitrogen and oxygen atoms in total. The maximum atomic E-state index is 12.2. The molecule has 0 saturated carbocycles. The number of ether oxygens (including phenoxy) is 1. The van der Waals surface area contributed by atoms with Crippen molar-refractivity contribution in [2.75, 3.05) is 19.8 Å². The van der Waals surface area contributed by atoms with Crippen LogP contribution in [0.5, 0.6) is 0 Å². The Kier molecular flexibility index (Phi) is 29.9. The molecule has 47 heavy (non-hydrogen) atoms. The van der Waals surface area contributed by atoms with E-state index < -0.39 is 57.6 Å². The quantitative estimate of drug-likeness (QED) is 0.0230. The molecule has 0 aliphatic heterocycles. The summed E-state index contributed by atoms with van der Waals surface area (Å²) in [6, 6.07) is -1.54. The van der Waals surface area contributed by atoms with Gasteiger partial charge < -0.3 is 25.2 Å². The summed E-state index contributed by atoms with van der Waals surface area (Å²) in [5.41, 5.74) is 0. The second-order valence-corrected chi connectivity index (χ2v) is 13.5. The van der Waals surface area contributed by atoms with Crippen LogP contribution in [-0.2, 0) is 32.7 Å². The molecule has 0 heterocycles. The van der Waals surface area contributed by atoms with Crippen LogP contribution in [0.2, 0.25) is 0 Å². The van der Waals surface area contributed by atoms with E-state index in [1.807, 2.05) is 0 Å². The number of esters is 1. The van der Waals surface area contributed by atoms with E-state index in [4.69, 9.17) is 13.8 Å². The lowest BCUT2D eigenvalue weighted by atomic mass is 10.1. The monoisotopic (exact) mass is 689 g/mol. The van der Waals surface area contributed by atoms with Crippen LogP contribution in [0.25, 0.3) is 0 Å². The number of phosphoric acid groups is 1. The van der Waals surface area contributed by atoms with Crippen molar-refractivity contribution < 1.29 is 47.8 Å². The average molecular weight is 690 g/mol. The Labute approximate surface area is 283 Å². The molecule has 0 aromatic carbocycles. The minimum absolute atomic E-state index is 0.145. The van der Waals surface area contributed by atoms with E-state index in [1.165, 1.54) is 44.9 Å². The number of carbonyl (C=O) groups is 3. The number of rotatable bonds is 33. The van der Waals surface area contributed by atoms with Crippen LogP contribution in [0.1, 0.15) is 149 Å². The maximum Gasteiger partial charge on any atom is 0.472 e. The lowest BCUT2D eigenvalue weighted by molar-refractivity contribution is -0.147. The first-order chi connectivity index (χ1) is 22.6. The van der Waals surface area contributed by atoms with Gasteiger partial charge >= 0.3 is 19.8 Å². The highest BCUT2D eigenvalue weighted by Crippen LogP contribution is 2.43. The molecule has 12 heteroatoms. The van der Waals surface area contributed by atoms with Gasteiger partial charge in [-0.1, -0.05) is 115 Å². The van der Waals surface area contributed by atoms with Crippen molar-refractivity contribution in [2.24, 2.45) is 0 Å². The number of allylic oxidation sites excluding steroid dienone is 4. The highest BCUT2D eigenvalue weighted by molar-refractivity contribution is 7.47. The Morgan fingerprint density at radius 3 is 1.77 bits per heavy atom. The Bertz CT molecular complexity index is 911. The van der Waals surface area contributed by atoms with Gasteiger partial charge in [0.2, 0.25) is 5.91 Å². The fourth-order valence-corrected chi connectivity index (χ4v) is 5.41. The van der Waals surface area contributed by atoms with Crippen LogP contribution in [0.3, 0.4) is 0 Å². The molecule has 0 aromatic heterocycles. The summed E-state index contributed by atoms with van der Waals surface area (Å²) in [5, 5.41) is 21.6. The van der Waals surface area contributed by atoms with Gasteiger partial charge in [-0.05, 0) is 44.9 Å². The van der Waals surface area contributed by atoms with E-state index in [-0.39, 0.29) is 12.8 Å². The minimum atomic E-state index is -4.74. The van der Waals surface area contributed by atoms with Gasteiger partial charge in [0, 0.05) is 12.8 Å². The number of hydrogen-bond donors (Lipinski definition) is 4. The number of carbonyl (C=O) groups excluding carboxylic acids is 2. The third-order valence-electron chi connectivity index (χ3n) is 7.49. The third-order valence-corrected chi connectivity index (χ3v) is 8.44. The van der Waals surface area contributed by atoms with Crippen LogP contribution in [0.15, 0.2) is 24.3 Å². The molecule has 0 fully saturated rings. The first-order valence-electron chi connectivity index (χ1n) is 17.9. The van der Waals surface area contributed by atoms with Gasteiger partial charge in [0.05, 0.1) is 13.2 Å². The molecule has 274 valence electrons. The molecule has 0 bridgehead atoms. The molecule has 0 aliphatic rings. The van der Waals surface area contributed by atoms with E-state index in [1.54, 1.807) is 0 Å². The Balaban J connectivity index is 3.98. The standard InChI is InChI=1S/C35H64NO10P/c1-3-5-7-9-11-13-14-15-16-17-18-19-21-23-25-27-34(39)44-28-31(37)29-45-47(42,43)46-30-32(35(40)41)36-33(38)26-24-22-20-12-10-8-6-4-2/h11,13,15-16,31-32,37H,3-10,12,14,17-30H2,1-2H3,(H,36,38)(H,40,41)(H,42,43)/b13-11-,16-15-. The number of phosphoric ester groups is 1. The van der Waals surface area contributed by atoms with Gasteiger partial charge in [-0.3, -0.25) is 18.6 Å². The topological polar surface area (TPSA) is 169 Å². The number of aliphatic carboxylic acids is 1. The Morgan fingerprint density at radius 1 is 0.681 bits per heavy atom. The van der Waals surface area contributed by atoms with E-state index in [0.717, 1.165) is 64.2 Å². The van der Waals surface area contributed by atoms with E-state index >= 15 is 0 Å². The molecular weight excluding hydrogens is 625 g/mol. The van der Waals surface area contributed by atoms with Crippen LogP contribution in [0, 0.1) is 0 Å². The second-order valence-electron chi connectivity index (χ2n) is 12.1. The van der Waals surface area contributed by atoms with Gasteiger partial charge in [-0.2, -0.15) is 0 Å². The number of carboxylic acid groups (broad SMARTS) is 1. The fraction of sp³-hybridized carbons (Fsp3) is 0.800. The zero-order chi connectivity index (χ0) is 35.0. The molecule has 0 spiro atoms. The van der Waals surface area contributed by atoms with Crippen molar-refractivity contribution in [2.45, 2.75) is 161 Å². The molecule has 3 unspecified atom stereocenters. The molecular formula is C35H64NO10P. The number of amides is 1. The predicted molar refractivity (Wildman–Crippen MR) is 185 cm³/mol. The largest absolute Gasteiger partial charge is 0.480 e. The summed E-state index contributed by atoms with van der Waals surface area (Å²) in [6.07, 6.45) is 28.0. The van der Waals surface area contributed by atoms with Gasteiger partial charge in [0.15, 0.2) is 6.04 Å². The summed E-state index contributed by atoms with van der Waals surface area (Å²) < 4.78 is 26.6. The maximum absolute atomic E-state index is 12.2. The summed E-state index contributed by atoms with van der Waals surface area (Å²) in [7, 11) is -4.74. The molecule has 4 N–H and O–H groups in total. The van der Waals surface area contributed by atoms with Crippen LogP contribution < -0.4 is 5.32 Å². The van der Waals surface area contributed by atoms with Crippen LogP contribution in [-0.4, -0.2) is 64.9 Å². The van der Waals surface area contributed by atoms with Crippen molar-refractivity contribution in [3.8, 4) is 0 Å². The SMILES string of the molecule is CCCCC/C=C\C/C=C\CCCCCCCC(=O)OCC(O)COP(=O)(O)OCC(NC(=O)CCCCCCCCCC)C(=O)O. The molecule has 0 rings (SSSR count).